The third-order valence-electron chi connectivity index (χ3n) is 8.85. The van der Waals surface area contributed by atoms with Crippen LogP contribution >= 0.6 is 11.8 Å². The van der Waals surface area contributed by atoms with E-state index in [-0.39, 0.29) is 55.1 Å². The van der Waals surface area contributed by atoms with E-state index in [9.17, 15) is 44.5 Å². The molecular weight excluding hydrogens is 662 g/mol. The van der Waals surface area contributed by atoms with E-state index in [1.165, 1.54) is 81.9 Å². The molecule has 3 aliphatic rings. The highest BCUT2D eigenvalue weighted by Crippen LogP contribution is 2.52. The van der Waals surface area contributed by atoms with E-state index in [4.69, 9.17) is 9.47 Å². The average Bonchev–Trinajstić information content (AvgIpc) is 3.59. The molecule has 2 aromatic rings. The maximum atomic E-state index is 13.6. The van der Waals surface area contributed by atoms with Gasteiger partial charge in [0.15, 0.2) is 0 Å². The van der Waals surface area contributed by atoms with Gasteiger partial charge in [-0.2, -0.15) is 0 Å². The van der Waals surface area contributed by atoms with Gasteiger partial charge in [-0.05, 0) is 48.7 Å². The number of amides is 3. The molecule has 0 bridgehead atoms. The first-order valence-electron chi connectivity index (χ1n) is 15.4. The first-order valence-corrected chi connectivity index (χ1v) is 16.3. The first-order chi connectivity index (χ1) is 23.2. The van der Waals surface area contributed by atoms with E-state index in [1.807, 2.05) is 6.92 Å². The van der Waals surface area contributed by atoms with Crippen molar-refractivity contribution in [1.82, 2.24) is 14.7 Å². The summed E-state index contributed by atoms with van der Waals surface area (Å²) in [7, 11) is 3.13. The largest absolute Gasteiger partial charge is 0.456 e. The van der Waals surface area contributed by atoms with Crippen molar-refractivity contribution in [3.05, 3.63) is 90.5 Å². The molecule has 49 heavy (non-hydrogen) atoms. The highest BCUT2D eigenvalue weighted by molar-refractivity contribution is 8.03. The summed E-state index contributed by atoms with van der Waals surface area (Å²) in [5.74, 6) is -2.66. The lowest BCUT2D eigenvalue weighted by Crippen LogP contribution is -2.63. The standard InChI is InChI=1S/C32H35N5O11S/c1-17-26-25(18(2)38)30(40)35(26)27(31(41)47-15-19-5-9-21(10-6-19)36(43)44)28(17)49-23-13-24(29(39)33(3)4)34(14-23)32(42)48-16-20-7-11-22(12-8-20)37(45)46/h5-12,17-18,23-26,38H,13-16H2,1-4H3/t17-,18-,23?,24+,25-,26-/m1/s1. The second-order valence-corrected chi connectivity index (χ2v) is 13.7. The third-order valence-corrected chi connectivity index (χ3v) is 10.3. The van der Waals surface area contributed by atoms with Crippen molar-refractivity contribution >= 4 is 47.0 Å². The minimum atomic E-state index is -0.965. The molecule has 260 valence electrons. The van der Waals surface area contributed by atoms with Gasteiger partial charge in [-0.15, -0.1) is 11.8 Å². The van der Waals surface area contributed by atoms with Gasteiger partial charge in [-0.3, -0.25) is 34.7 Å². The topological polar surface area (TPSA) is 203 Å². The van der Waals surface area contributed by atoms with Crippen LogP contribution in [0.5, 0.6) is 0 Å². The molecule has 5 rings (SSSR count). The number of β-lactam (4-membered cyclic amide) rings is 1. The minimum absolute atomic E-state index is 0.0287. The molecule has 6 atom stereocenters. The zero-order valence-corrected chi connectivity index (χ0v) is 27.9. The number of carbonyl (C=O) groups excluding carboxylic acids is 4. The van der Waals surface area contributed by atoms with Crippen molar-refractivity contribution in [2.45, 2.75) is 56.9 Å². The third kappa shape index (κ3) is 7.07. The summed E-state index contributed by atoms with van der Waals surface area (Å²) < 4.78 is 11.1. The van der Waals surface area contributed by atoms with Crippen LogP contribution < -0.4 is 0 Å². The molecule has 16 nitrogen and oxygen atoms in total. The Morgan fingerprint density at radius 2 is 1.51 bits per heavy atom. The Bertz CT molecular complexity index is 1700. The number of hydrogen-bond donors (Lipinski definition) is 1. The zero-order valence-electron chi connectivity index (χ0n) is 27.1. The fourth-order valence-corrected chi connectivity index (χ4v) is 7.86. The van der Waals surface area contributed by atoms with Gasteiger partial charge in [0.25, 0.3) is 11.4 Å². The minimum Gasteiger partial charge on any atom is -0.456 e. The van der Waals surface area contributed by atoms with Gasteiger partial charge in [0.1, 0.15) is 25.0 Å². The lowest BCUT2D eigenvalue weighted by molar-refractivity contribution is -0.385. The number of hydrogen-bond acceptors (Lipinski definition) is 12. The van der Waals surface area contributed by atoms with E-state index >= 15 is 0 Å². The molecule has 17 heteroatoms. The zero-order chi connectivity index (χ0) is 35.7. The molecule has 0 aromatic heterocycles. The van der Waals surface area contributed by atoms with Gasteiger partial charge in [-0.1, -0.05) is 6.92 Å². The van der Waals surface area contributed by atoms with Crippen LogP contribution in [0.1, 0.15) is 31.4 Å². The molecule has 1 unspecified atom stereocenters. The summed E-state index contributed by atoms with van der Waals surface area (Å²) in [4.78, 5) is 78.8. The number of nitro groups is 2. The number of aliphatic hydroxyl groups excluding tert-OH is 1. The lowest BCUT2D eigenvalue weighted by Gasteiger charge is -2.46. The SMILES string of the molecule is C[C@@H](O)[C@H]1C(=O)N2C(C(=O)OCc3ccc([N+](=O)[O-])cc3)=C(SC3C[C@@H](C(=O)N(C)C)N(C(=O)OCc4ccc([N+](=O)[O-])cc4)C3)[C@H](C)[C@H]12. The molecule has 2 fully saturated rings. The van der Waals surface area contributed by atoms with Gasteiger partial charge in [0.2, 0.25) is 11.8 Å². The molecule has 3 heterocycles. The molecule has 0 aliphatic carbocycles. The monoisotopic (exact) mass is 697 g/mol. The summed E-state index contributed by atoms with van der Waals surface area (Å²) >= 11 is 1.27. The van der Waals surface area contributed by atoms with Gasteiger partial charge in [0.05, 0.1) is 27.9 Å². The number of rotatable bonds is 11. The molecular formula is C32H35N5O11S. The molecule has 2 saturated heterocycles. The Balaban J connectivity index is 1.35. The summed E-state index contributed by atoms with van der Waals surface area (Å²) in [6.07, 6.45) is -1.51. The fourth-order valence-electron chi connectivity index (χ4n) is 6.34. The van der Waals surface area contributed by atoms with Gasteiger partial charge < -0.3 is 24.4 Å². The highest BCUT2D eigenvalue weighted by Gasteiger charge is 2.60. The second kappa shape index (κ2) is 14.2. The average molecular weight is 698 g/mol. The van der Waals surface area contributed by atoms with E-state index in [2.05, 4.69) is 0 Å². The van der Waals surface area contributed by atoms with Crippen molar-refractivity contribution in [3.8, 4) is 0 Å². The smallest absolute Gasteiger partial charge is 0.410 e. The van der Waals surface area contributed by atoms with Crippen LogP contribution in [-0.2, 0) is 37.1 Å². The number of benzene rings is 2. The van der Waals surface area contributed by atoms with Crippen molar-refractivity contribution < 1.29 is 43.6 Å². The highest BCUT2D eigenvalue weighted by atomic mass is 32.2. The number of carbonyl (C=O) groups is 4. The van der Waals surface area contributed by atoms with E-state index in [0.29, 0.717) is 16.0 Å². The van der Waals surface area contributed by atoms with Crippen molar-refractivity contribution in [3.63, 3.8) is 0 Å². The predicted octanol–water partition coefficient (Wildman–Crippen LogP) is 3.22. The molecule has 2 aromatic carbocycles. The van der Waals surface area contributed by atoms with E-state index < -0.39 is 57.2 Å². The Kier molecular flexibility index (Phi) is 10.2. The van der Waals surface area contributed by atoms with Crippen LogP contribution in [-0.4, -0.2) is 97.6 Å². The number of likely N-dealkylation sites (tertiary alicyclic amines) is 1. The Morgan fingerprint density at radius 3 is 2.00 bits per heavy atom. The molecule has 3 aliphatic heterocycles. The summed E-state index contributed by atoms with van der Waals surface area (Å²) in [5, 5.41) is 31.9. The van der Waals surface area contributed by atoms with Crippen LogP contribution in [0.25, 0.3) is 0 Å². The summed E-state index contributed by atoms with van der Waals surface area (Å²) in [5.41, 5.74) is 0.814. The van der Waals surface area contributed by atoms with Crippen LogP contribution in [0.2, 0.25) is 0 Å². The Hall–Kier alpha value is -5.03. The number of likely N-dealkylation sites (N-methyl/N-ethyl adjacent to an activating group) is 1. The van der Waals surface area contributed by atoms with Gasteiger partial charge in [0, 0.05) is 61.0 Å². The second-order valence-electron chi connectivity index (χ2n) is 12.3. The maximum absolute atomic E-state index is 13.6. The number of aliphatic hydroxyl groups is 1. The Morgan fingerprint density at radius 1 is 0.980 bits per heavy atom. The van der Waals surface area contributed by atoms with Gasteiger partial charge in [-0.25, -0.2) is 9.59 Å². The number of fused-ring (bicyclic) bond motifs is 1. The van der Waals surface area contributed by atoms with E-state index in [0.717, 1.165) is 0 Å². The number of thioether (sulfide) groups is 1. The quantitative estimate of drug-likeness (QED) is 0.156. The van der Waals surface area contributed by atoms with Crippen LogP contribution in [0, 0.1) is 32.1 Å². The summed E-state index contributed by atoms with van der Waals surface area (Å²) in [6.45, 7) is 3.04. The molecule has 0 spiro atoms. The normalized spacial score (nSPS) is 23.4. The van der Waals surface area contributed by atoms with Crippen molar-refractivity contribution in [2.24, 2.45) is 11.8 Å². The van der Waals surface area contributed by atoms with Crippen LogP contribution in [0.4, 0.5) is 16.2 Å². The van der Waals surface area contributed by atoms with E-state index in [1.54, 1.807) is 14.1 Å². The number of nitro benzene ring substituents is 2. The number of esters is 1. The number of ether oxygens (including phenoxy) is 2. The first kappa shape index (κ1) is 35.3. The number of non-ortho nitro benzene ring substituents is 2. The molecule has 0 saturated carbocycles. The fraction of sp³-hybridized carbons (Fsp3) is 0.438. The van der Waals surface area contributed by atoms with Crippen LogP contribution in [0.3, 0.4) is 0 Å². The van der Waals surface area contributed by atoms with Gasteiger partial charge >= 0.3 is 12.1 Å². The summed E-state index contributed by atoms with van der Waals surface area (Å²) in [6, 6.07) is 9.66. The predicted molar refractivity (Wildman–Crippen MR) is 173 cm³/mol. The van der Waals surface area contributed by atoms with Crippen molar-refractivity contribution in [1.29, 1.82) is 0 Å². The lowest BCUT2D eigenvalue weighted by atomic mass is 9.79. The maximum Gasteiger partial charge on any atom is 0.410 e. The number of nitrogens with zero attached hydrogens (tertiary/aromatic N) is 5. The molecule has 3 amide bonds. The van der Waals surface area contributed by atoms with Crippen LogP contribution in [0.15, 0.2) is 59.1 Å². The van der Waals surface area contributed by atoms with Crippen molar-refractivity contribution in [2.75, 3.05) is 20.6 Å². The Labute approximate surface area is 284 Å². The molecule has 1 N–H and O–H groups in total. The molecule has 0 radical (unpaired) electrons.